The van der Waals surface area contributed by atoms with Gasteiger partial charge >= 0.3 is 0 Å². The van der Waals surface area contributed by atoms with Crippen molar-refractivity contribution in [2.75, 3.05) is 12.4 Å². The SMILES string of the molecule is Cn1ncc(Cl)c1S(=O)(=O)NCCCCCCl. The molecule has 0 unspecified atom stereocenters. The van der Waals surface area contributed by atoms with Crippen molar-refractivity contribution in [2.24, 2.45) is 7.05 Å². The molecular formula is C9H15Cl2N3O2S. The highest BCUT2D eigenvalue weighted by Gasteiger charge is 2.21. The number of nitrogens with one attached hydrogen (secondary N) is 1. The lowest BCUT2D eigenvalue weighted by atomic mass is 10.2. The molecule has 1 aromatic heterocycles. The number of alkyl halides is 1. The van der Waals surface area contributed by atoms with Crippen molar-refractivity contribution in [3.63, 3.8) is 0 Å². The number of unbranched alkanes of at least 4 members (excludes halogenated alkanes) is 2. The second-order valence-electron chi connectivity index (χ2n) is 3.57. The number of rotatable bonds is 7. The van der Waals surface area contributed by atoms with E-state index in [1.807, 2.05) is 0 Å². The normalized spacial score (nSPS) is 11.9. The fourth-order valence-electron chi connectivity index (χ4n) is 1.37. The summed E-state index contributed by atoms with van der Waals surface area (Å²) < 4.78 is 27.5. The summed E-state index contributed by atoms with van der Waals surface area (Å²) in [5, 5.41) is 3.91. The lowest BCUT2D eigenvalue weighted by Gasteiger charge is -2.07. The molecule has 5 nitrogen and oxygen atoms in total. The van der Waals surface area contributed by atoms with Crippen molar-refractivity contribution < 1.29 is 8.42 Å². The van der Waals surface area contributed by atoms with Gasteiger partial charge in [-0.25, -0.2) is 13.1 Å². The highest BCUT2D eigenvalue weighted by atomic mass is 35.5. The number of aryl methyl sites for hydroxylation is 1. The summed E-state index contributed by atoms with van der Waals surface area (Å²) in [5.74, 6) is 0.598. The fourth-order valence-corrected chi connectivity index (χ4v) is 3.29. The molecule has 8 heteroatoms. The van der Waals surface area contributed by atoms with Crippen LogP contribution in [0.15, 0.2) is 11.2 Å². The van der Waals surface area contributed by atoms with Crippen molar-refractivity contribution >= 4 is 33.2 Å². The monoisotopic (exact) mass is 299 g/mol. The molecular weight excluding hydrogens is 285 g/mol. The van der Waals surface area contributed by atoms with Crippen molar-refractivity contribution in [2.45, 2.75) is 24.3 Å². The van der Waals surface area contributed by atoms with Crippen LogP contribution in [-0.4, -0.2) is 30.6 Å². The lowest BCUT2D eigenvalue weighted by molar-refractivity contribution is 0.559. The van der Waals surface area contributed by atoms with Gasteiger partial charge in [-0.1, -0.05) is 18.0 Å². The van der Waals surface area contributed by atoms with Crippen molar-refractivity contribution in [1.82, 2.24) is 14.5 Å². The molecule has 1 rings (SSSR count). The van der Waals surface area contributed by atoms with E-state index in [1.54, 1.807) is 0 Å². The molecule has 0 amide bonds. The van der Waals surface area contributed by atoms with Crippen LogP contribution in [0.3, 0.4) is 0 Å². The first-order valence-electron chi connectivity index (χ1n) is 5.22. The first-order valence-corrected chi connectivity index (χ1v) is 7.61. The Kier molecular flexibility index (Phi) is 5.72. The van der Waals surface area contributed by atoms with Gasteiger partial charge in [-0.2, -0.15) is 5.10 Å². The number of hydrogen-bond acceptors (Lipinski definition) is 3. The van der Waals surface area contributed by atoms with E-state index in [2.05, 4.69) is 9.82 Å². The molecule has 0 aromatic carbocycles. The van der Waals surface area contributed by atoms with Crippen molar-refractivity contribution in [3.8, 4) is 0 Å². The summed E-state index contributed by atoms with van der Waals surface area (Å²) in [7, 11) is -2.04. The van der Waals surface area contributed by atoms with Crippen LogP contribution < -0.4 is 4.72 Å². The largest absolute Gasteiger partial charge is 0.259 e. The van der Waals surface area contributed by atoms with Crippen LogP contribution in [-0.2, 0) is 17.1 Å². The minimum Gasteiger partial charge on any atom is -0.255 e. The van der Waals surface area contributed by atoms with Gasteiger partial charge in [-0.05, 0) is 12.8 Å². The van der Waals surface area contributed by atoms with Gasteiger partial charge in [0.1, 0.15) is 0 Å². The van der Waals surface area contributed by atoms with Crippen LogP contribution in [0, 0.1) is 0 Å². The van der Waals surface area contributed by atoms with Crippen LogP contribution in [0.1, 0.15) is 19.3 Å². The summed E-state index contributed by atoms with van der Waals surface area (Å²) in [6, 6.07) is 0. The molecule has 0 aliphatic rings. The average Bonchev–Trinajstić information content (AvgIpc) is 2.58. The Morgan fingerprint density at radius 2 is 2.12 bits per heavy atom. The number of sulfonamides is 1. The quantitative estimate of drug-likeness (QED) is 0.616. The molecule has 1 heterocycles. The number of hydrogen-bond donors (Lipinski definition) is 1. The zero-order valence-electron chi connectivity index (χ0n) is 9.49. The van der Waals surface area contributed by atoms with Crippen LogP contribution in [0.25, 0.3) is 0 Å². The first kappa shape index (κ1) is 14.8. The molecule has 0 radical (unpaired) electrons. The molecule has 0 saturated heterocycles. The van der Waals surface area contributed by atoms with E-state index in [0.717, 1.165) is 19.3 Å². The van der Waals surface area contributed by atoms with Crippen LogP contribution in [0.2, 0.25) is 5.02 Å². The number of halogens is 2. The van der Waals surface area contributed by atoms with Gasteiger partial charge in [-0.15, -0.1) is 11.6 Å². The Morgan fingerprint density at radius 3 is 2.65 bits per heavy atom. The molecule has 1 N–H and O–H groups in total. The third-order valence-electron chi connectivity index (χ3n) is 2.20. The summed E-state index contributed by atoms with van der Waals surface area (Å²) in [6.45, 7) is 0.376. The van der Waals surface area contributed by atoms with Crippen molar-refractivity contribution in [3.05, 3.63) is 11.2 Å². The predicted octanol–water partition coefficient (Wildman–Crippen LogP) is 1.76. The van der Waals surface area contributed by atoms with E-state index >= 15 is 0 Å². The Balaban J connectivity index is 2.58. The number of nitrogens with zero attached hydrogens (tertiary/aromatic N) is 2. The molecule has 0 atom stereocenters. The van der Waals surface area contributed by atoms with Crippen LogP contribution >= 0.6 is 23.2 Å². The van der Waals surface area contributed by atoms with E-state index in [-0.39, 0.29) is 10.0 Å². The maximum atomic E-state index is 11.9. The highest BCUT2D eigenvalue weighted by Crippen LogP contribution is 2.19. The van der Waals surface area contributed by atoms with E-state index in [0.29, 0.717) is 12.4 Å². The first-order chi connectivity index (χ1) is 7.99. The maximum absolute atomic E-state index is 11.9. The zero-order valence-corrected chi connectivity index (χ0v) is 11.8. The molecule has 0 fully saturated rings. The molecule has 17 heavy (non-hydrogen) atoms. The van der Waals surface area contributed by atoms with E-state index < -0.39 is 10.0 Å². The lowest BCUT2D eigenvalue weighted by Crippen LogP contribution is -2.27. The minimum absolute atomic E-state index is 0.00323. The average molecular weight is 300 g/mol. The van der Waals surface area contributed by atoms with Gasteiger partial charge in [0, 0.05) is 19.5 Å². The Bertz CT molecular complexity index is 439. The van der Waals surface area contributed by atoms with Gasteiger partial charge in [0.2, 0.25) is 0 Å². The standard InChI is InChI=1S/C9H15Cl2N3O2S/c1-14-9(8(11)7-12-14)17(15,16)13-6-4-2-3-5-10/h7,13H,2-6H2,1H3. The van der Waals surface area contributed by atoms with E-state index in [1.165, 1.54) is 17.9 Å². The van der Waals surface area contributed by atoms with E-state index in [9.17, 15) is 8.42 Å². The summed E-state index contributed by atoms with van der Waals surface area (Å²) in [4.78, 5) is 0. The highest BCUT2D eigenvalue weighted by molar-refractivity contribution is 7.89. The Labute approximate surface area is 111 Å². The zero-order chi connectivity index (χ0) is 12.9. The van der Waals surface area contributed by atoms with Gasteiger partial charge in [0.05, 0.1) is 11.2 Å². The smallest absolute Gasteiger partial charge is 0.255 e. The summed E-state index contributed by atoms with van der Waals surface area (Å²) in [5.41, 5.74) is 0. The van der Waals surface area contributed by atoms with Crippen LogP contribution in [0.4, 0.5) is 0 Å². The summed E-state index contributed by atoms with van der Waals surface area (Å²) >= 11 is 11.3. The molecule has 0 aliphatic carbocycles. The molecule has 0 bridgehead atoms. The molecule has 1 aromatic rings. The van der Waals surface area contributed by atoms with Crippen molar-refractivity contribution in [1.29, 1.82) is 0 Å². The Hall–Kier alpha value is -0.300. The molecule has 0 saturated carbocycles. The fraction of sp³-hybridized carbons (Fsp3) is 0.667. The minimum atomic E-state index is -3.58. The third-order valence-corrected chi connectivity index (χ3v) is 4.43. The Morgan fingerprint density at radius 1 is 1.41 bits per heavy atom. The third kappa shape index (κ3) is 4.13. The summed E-state index contributed by atoms with van der Waals surface area (Å²) in [6.07, 6.45) is 3.84. The van der Waals surface area contributed by atoms with Gasteiger partial charge in [-0.3, -0.25) is 4.68 Å². The van der Waals surface area contributed by atoms with E-state index in [4.69, 9.17) is 23.2 Å². The second-order valence-corrected chi connectivity index (χ2v) is 6.04. The van der Waals surface area contributed by atoms with Gasteiger partial charge < -0.3 is 0 Å². The molecule has 98 valence electrons. The number of aromatic nitrogens is 2. The molecule has 0 spiro atoms. The van der Waals surface area contributed by atoms with Gasteiger partial charge in [0.15, 0.2) is 5.03 Å². The van der Waals surface area contributed by atoms with Crippen LogP contribution in [0.5, 0.6) is 0 Å². The molecule has 0 aliphatic heterocycles. The second kappa shape index (κ2) is 6.58. The predicted molar refractivity (Wildman–Crippen MR) is 68.0 cm³/mol. The maximum Gasteiger partial charge on any atom is 0.259 e. The van der Waals surface area contributed by atoms with Gasteiger partial charge in [0.25, 0.3) is 10.0 Å². The topological polar surface area (TPSA) is 64.0 Å².